The molecular weight excluding hydrogens is 246 g/mol. The fourth-order valence-electron chi connectivity index (χ4n) is 2.04. The summed E-state index contributed by atoms with van der Waals surface area (Å²) in [4.78, 5) is 11.2. The number of carbonyl (C=O) groups is 1. The smallest absolute Gasteiger partial charge is 0.357 e. The Labute approximate surface area is 108 Å². The van der Waals surface area contributed by atoms with Crippen LogP contribution in [0.2, 0.25) is 0 Å². The van der Waals surface area contributed by atoms with Gasteiger partial charge in [-0.15, -0.1) is 0 Å². The highest BCUT2D eigenvalue weighted by Crippen LogP contribution is 2.19. The molecule has 2 heterocycles. The molecule has 0 aliphatic heterocycles. The van der Waals surface area contributed by atoms with E-state index in [0.717, 1.165) is 11.2 Å². The van der Waals surface area contributed by atoms with Crippen molar-refractivity contribution in [3.05, 3.63) is 47.5 Å². The van der Waals surface area contributed by atoms with Gasteiger partial charge in [0, 0.05) is 11.5 Å². The lowest BCUT2D eigenvalue weighted by molar-refractivity contribution is 0.0691. The molecule has 0 amide bonds. The molecule has 96 valence electrons. The third kappa shape index (κ3) is 1.97. The van der Waals surface area contributed by atoms with Crippen molar-refractivity contribution < 1.29 is 14.4 Å². The van der Waals surface area contributed by atoms with E-state index in [-0.39, 0.29) is 5.69 Å². The van der Waals surface area contributed by atoms with Gasteiger partial charge in [-0.05, 0) is 13.0 Å². The van der Waals surface area contributed by atoms with Crippen LogP contribution < -0.4 is 0 Å². The van der Waals surface area contributed by atoms with Crippen molar-refractivity contribution in [2.45, 2.75) is 13.5 Å². The number of para-hydroxylation sites is 1. The number of benzene rings is 1. The van der Waals surface area contributed by atoms with Crippen LogP contribution in [0.4, 0.5) is 0 Å². The fourth-order valence-corrected chi connectivity index (χ4v) is 2.04. The van der Waals surface area contributed by atoms with E-state index in [1.165, 1.54) is 0 Å². The van der Waals surface area contributed by atoms with Crippen LogP contribution >= 0.6 is 0 Å². The fraction of sp³-hybridized carbons (Fsp3) is 0.154. The molecule has 0 fully saturated rings. The second kappa shape index (κ2) is 4.24. The molecule has 1 aromatic carbocycles. The van der Waals surface area contributed by atoms with Crippen molar-refractivity contribution in [3.8, 4) is 0 Å². The van der Waals surface area contributed by atoms with E-state index >= 15 is 0 Å². The Kier molecular flexibility index (Phi) is 2.56. The topological polar surface area (TPSA) is 81.2 Å². The van der Waals surface area contributed by atoms with Crippen molar-refractivity contribution in [1.82, 2.24) is 14.9 Å². The summed E-state index contributed by atoms with van der Waals surface area (Å²) in [7, 11) is 0. The molecule has 0 saturated heterocycles. The Morgan fingerprint density at radius 1 is 1.42 bits per heavy atom. The lowest BCUT2D eigenvalue weighted by Crippen LogP contribution is -2.03. The van der Waals surface area contributed by atoms with Gasteiger partial charge in [0.25, 0.3) is 0 Å². The second-order valence-corrected chi connectivity index (χ2v) is 4.26. The van der Waals surface area contributed by atoms with E-state index in [1.54, 1.807) is 22.9 Å². The van der Waals surface area contributed by atoms with Crippen LogP contribution in [0.25, 0.3) is 10.9 Å². The van der Waals surface area contributed by atoms with Crippen LogP contribution in [-0.2, 0) is 6.54 Å². The normalized spacial score (nSPS) is 11.0. The van der Waals surface area contributed by atoms with Gasteiger partial charge in [0.15, 0.2) is 11.5 Å². The first-order valence-corrected chi connectivity index (χ1v) is 5.76. The van der Waals surface area contributed by atoms with Crippen LogP contribution in [0.3, 0.4) is 0 Å². The maximum atomic E-state index is 11.2. The first-order chi connectivity index (χ1) is 9.15. The zero-order valence-electron chi connectivity index (χ0n) is 10.2. The first-order valence-electron chi connectivity index (χ1n) is 5.76. The molecule has 2 aromatic heterocycles. The zero-order valence-corrected chi connectivity index (χ0v) is 10.2. The number of aromatic nitrogens is 3. The summed E-state index contributed by atoms with van der Waals surface area (Å²) in [6, 6.07) is 9.01. The molecule has 3 aromatic rings. The highest BCUT2D eigenvalue weighted by Gasteiger charge is 2.16. The molecule has 6 heteroatoms. The van der Waals surface area contributed by atoms with E-state index in [1.807, 2.05) is 19.1 Å². The summed E-state index contributed by atoms with van der Waals surface area (Å²) in [5.41, 5.74) is 1.59. The molecule has 6 nitrogen and oxygen atoms in total. The van der Waals surface area contributed by atoms with Crippen molar-refractivity contribution in [3.63, 3.8) is 0 Å². The summed E-state index contributed by atoms with van der Waals surface area (Å²) < 4.78 is 6.74. The van der Waals surface area contributed by atoms with Gasteiger partial charge in [-0.2, -0.15) is 5.10 Å². The van der Waals surface area contributed by atoms with Crippen LogP contribution in [0, 0.1) is 6.92 Å². The number of rotatable bonds is 3. The molecule has 0 bridgehead atoms. The average molecular weight is 257 g/mol. The van der Waals surface area contributed by atoms with Gasteiger partial charge in [-0.3, -0.25) is 4.68 Å². The Morgan fingerprint density at radius 3 is 2.89 bits per heavy atom. The van der Waals surface area contributed by atoms with Crippen LogP contribution in [0.5, 0.6) is 0 Å². The maximum absolute atomic E-state index is 11.2. The van der Waals surface area contributed by atoms with Crippen LogP contribution in [-0.4, -0.2) is 26.0 Å². The average Bonchev–Trinajstić information content (AvgIpc) is 2.95. The lowest BCUT2D eigenvalue weighted by Gasteiger charge is -1.98. The van der Waals surface area contributed by atoms with E-state index in [9.17, 15) is 4.79 Å². The summed E-state index contributed by atoms with van der Waals surface area (Å²) >= 11 is 0. The summed E-state index contributed by atoms with van der Waals surface area (Å²) in [5, 5.41) is 17.7. The zero-order chi connectivity index (χ0) is 13.4. The minimum absolute atomic E-state index is 0.0480. The number of aromatic carboxylic acids is 1. The van der Waals surface area contributed by atoms with Gasteiger partial charge in [0.05, 0.1) is 11.2 Å². The van der Waals surface area contributed by atoms with Gasteiger partial charge in [-0.25, -0.2) is 4.79 Å². The Hall–Kier alpha value is -2.63. The molecule has 3 rings (SSSR count). The number of nitrogens with zero attached hydrogens (tertiary/aromatic N) is 3. The largest absolute Gasteiger partial charge is 0.476 e. The molecule has 0 aliphatic rings. The Bertz CT molecular complexity index is 757. The number of aryl methyl sites for hydroxylation is 1. The third-order valence-electron chi connectivity index (χ3n) is 2.84. The molecule has 0 aliphatic carbocycles. The molecule has 0 radical (unpaired) electrons. The number of carboxylic acids is 1. The van der Waals surface area contributed by atoms with Gasteiger partial charge < -0.3 is 9.63 Å². The molecule has 0 saturated carbocycles. The molecular formula is C13H11N3O3. The van der Waals surface area contributed by atoms with E-state index in [4.69, 9.17) is 9.63 Å². The standard InChI is InChI=1S/C13H11N3O3/c1-8-6-9(19-15-8)7-16-11-5-3-2-4-10(11)12(14-16)13(17)18/h2-6H,7H2,1H3,(H,17,18). The van der Waals surface area contributed by atoms with Gasteiger partial charge in [0.2, 0.25) is 0 Å². The third-order valence-corrected chi connectivity index (χ3v) is 2.84. The molecule has 0 atom stereocenters. The van der Waals surface area contributed by atoms with Crippen molar-refractivity contribution >= 4 is 16.9 Å². The molecule has 19 heavy (non-hydrogen) atoms. The number of fused-ring (bicyclic) bond motifs is 1. The number of hydrogen-bond donors (Lipinski definition) is 1. The monoisotopic (exact) mass is 257 g/mol. The quantitative estimate of drug-likeness (QED) is 0.776. The van der Waals surface area contributed by atoms with Crippen molar-refractivity contribution in [2.75, 3.05) is 0 Å². The first kappa shape index (κ1) is 11.5. The molecule has 0 spiro atoms. The van der Waals surface area contributed by atoms with E-state index in [0.29, 0.717) is 17.7 Å². The van der Waals surface area contributed by atoms with E-state index < -0.39 is 5.97 Å². The highest BCUT2D eigenvalue weighted by molar-refractivity contribution is 6.01. The maximum Gasteiger partial charge on any atom is 0.357 e. The van der Waals surface area contributed by atoms with Gasteiger partial charge in [-0.1, -0.05) is 23.4 Å². The highest BCUT2D eigenvalue weighted by atomic mass is 16.5. The van der Waals surface area contributed by atoms with Crippen molar-refractivity contribution in [1.29, 1.82) is 0 Å². The molecule has 0 unspecified atom stereocenters. The summed E-state index contributed by atoms with van der Waals surface area (Å²) in [5.74, 6) is -0.397. The number of carboxylic acid groups (broad SMARTS) is 1. The summed E-state index contributed by atoms with van der Waals surface area (Å²) in [6.07, 6.45) is 0. The second-order valence-electron chi connectivity index (χ2n) is 4.26. The minimum atomic E-state index is -1.04. The SMILES string of the molecule is Cc1cc(Cn2nc(C(=O)O)c3ccccc32)on1. The van der Waals surface area contributed by atoms with Crippen molar-refractivity contribution in [2.24, 2.45) is 0 Å². The van der Waals surface area contributed by atoms with Crippen LogP contribution in [0.1, 0.15) is 21.9 Å². The van der Waals surface area contributed by atoms with E-state index in [2.05, 4.69) is 10.3 Å². The predicted octanol–water partition coefficient (Wildman–Crippen LogP) is 2.08. The lowest BCUT2D eigenvalue weighted by atomic mass is 10.2. The Balaban J connectivity index is 2.11. The minimum Gasteiger partial charge on any atom is -0.476 e. The predicted molar refractivity (Wildman–Crippen MR) is 67.0 cm³/mol. The van der Waals surface area contributed by atoms with Crippen LogP contribution in [0.15, 0.2) is 34.9 Å². The van der Waals surface area contributed by atoms with Gasteiger partial charge in [0.1, 0.15) is 6.54 Å². The number of hydrogen-bond acceptors (Lipinski definition) is 4. The summed E-state index contributed by atoms with van der Waals surface area (Å²) in [6.45, 7) is 2.19. The Morgan fingerprint density at radius 2 is 2.21 bits per heavy atom. The van der Waals surface area contributed by atoms with Gasteiger partial charge >= 0.3 is 5.97 Å². The molecule has 1 N–H and O–H groups in total.